The van der Waals surface area contributed by atoms with Crippen LogP contribution in [0.25, 0.3) is 0 Å². The highest BCUT2D eigenvalue weighted by atomic mass is 32.1. The van der Waals surface area contributed by atoms with Gasteiger partial charge in [0, 0.05) is 24.5 Å². The summed E-state index contributed by atoms with van der Waals surface area (Å²) in [4.78, 5) is 7.65. The molecule has 4 heteroatoms. The van der Waals surface area contributed by atoms with Crippen LogP contribution in [0, 0.1) is 12.3 Å². The quantitative estimate of drug-likeness (QED) is 0.505. The largest absolute Gasteiger partial charge is 0.396 e. The molecule has 1 heterocycles. The molecule has 96 valence electrons. The summed E-state index contributed by atoms with van der Waals surface area (Å²) in [5.41, 5.74) is 7.94. The van der Waals surface area contributed by atoms with Crippen molar-refractivity contribution in [2.75, 3.05) is 19.8 Å². The summed E-state index contributed by atoms with van der Waals surface area (Å²) in [6.07, 6.45) is 10.7. The molecule has 1 aliphatic rings. The molecule has 0 bridgehead atoms. The van der Waals surface area contributed by atoms with Gasteiger partial charge in [0.1, 0.15) is 5.00 Å². The number of nitrogens with two attached hydrogens (primary N) is 1. The molecule has 1 aliphatic carbocycles. The standard InChI is InChI=1S/C14H19N3S/c1-5-14(2)8-6-7-10-11(14)12(15)13(18-10)16-9-17(3)4/h1,9H,6-8,15H2,2-4H3/b16-9+/t14-/m0/s1. The first-order valence-electron chi connectivity index (χ1n) is 6.08. The van der Waals surface area contributed by atoms with Crippen LogP contribution < -0.4 is 5.73 Å². The molecule has 3 nitrogen and oxygen atoms in total. The minimum Gasteiger partial charge on any atom is -0.396 e. The van der Waals surface area contributed by atoms with E-state index in [1.807, 2.05) is 19.0 Å². The zero-order chi connectivity index (χ0) is 13.3. The van der Waals surface area contributed by atoms with Gasteiger partial charge in [-0.15, -0.1) is 17.8 Å². The maximum absolute atomic E-state index is 6.24. The summed E-state index contributed by atoms with van der Waals surface area (Å²) in [6.45, 7) is 2.10. The minimum atomic E-state index is -0.222. The minimum absolute atomic E-state index is 0.222. The fraction of sp³-hybridized carbons (Fsp3) is 0.500. The molecule has 1 aromatic heterocycles. The zero-order valence-corrected chi connectivity index (χ0v) is 12.0. The molecule has 0 amide bonds. The van der Waals surface area contributed by atoms with Crippen LogP contribution in [0.5, 0.6) is 0 Å². The number of nitrogens with zero attached hydrogens (tertiary/aromatic N) is 2. The van der Waals surface area contributed by atoms with E-state index in [0.717, 1.165) is 35.5 Å². The highest BCUT2D eigenvalue weighted by Gasteiger charge is 2.35. The maximum Gasteiger partial charge on any atom is 0.141 e. The van der Waals surface area contributed by atoms with Gasteiger partial charge in [-0.3, -0.25) is 0 Å². The Labute approximate surface area is 113 Å². The summed E-state index contributed by atoms with van der Waals surface area (Å²) in [6, 6.07) is 0. The van der Waals surface area contributed by atoms with Crippen molar-refractivity contribution < 1.29 is 0 Å². The highest BCUT2D eigenvalue weighted by Crippen LogP contribution is 2.49. The van der Waals surface area contributed by atoms with E-state index in [0.29, 0.717) is 0 Å². The number of fused-ring (bicyclic) bond motifs is 1. The number of aryl methyl sites for hydroxylation is 1. The third-order valence-electron chi connectivity index (χ3n) is 3.36. The van der Waals surface area contributed by atoms with Crippen LogP contribution >= 0.6 is 11.3 Å². The predicted molar refractivity (Wildman–Crippen MR) is 79.7 cm³/mol. The number of thiophene rings is 1. The van der Waals surface area contributed by atoms with Crippen molar-refractivity contribution in [1.82, 2.24) is 4.90 Å². The normalized spacial score (nSPS) is 22.8. The number of terminal acetylenes is 1. The number of nitrogen functional groups attached to an aromatic ring is 1. The van der Waals surface area contributed by atoms with Gasteiger partial charge in [-0.1, -0.05) is 5.92 Å². The zero-order valence-electron chi connectivity index (χ0n) is 11.2. The van der Waals surface area contributed by atoms with Crippen molar-refractivity contribution in [3.63, 3.8) is 0 Å². The second kappa shape index (κ2) is 4.66. The number of rotatable bonds is 2. The van der Waals surface area contributed by atoms with E-state index in [2.05, 4.69) is 17.8 Å². The van der Waals surface area contributed by atoms with E-state index < -0.39 is 0 Å². The molecule has 0 radical (unpaired) electrons. The van der Waals surface area contributed by atoms with Gasteiger partial charge in [0.15, 0.2) is 0 Å². The van der Waals surface area contributed by atoms with Crippen LogP contribution in [-0.2, 0) is 11.8 Å². The molecular weight excluding hydrogens is 242 g/mol. The van der Waals surface area contributed by atoms with Crippen molar-refractivity contribution in [1.29, 1.82) is 0 Å². The highest BCUT2D eigenvalue weighted by molar-refractivity contribution is 7.16. The fourth-order valence-corrected chi connectivity index (χ4v) is 3.63. The molecule has 0 aliphatic heterocycles. The van der Waals surface area contributed by atoms with Gasteiger partial charge in [0.25, 0.3) is 0 Å². The van der Waals surface area contributed by atoms with Crippen LogP contribution in [0.2, 0.25) is 0 Å². The topological polar surface area (TPSA) is 41.6 Å². The molecule has 2 rings (SSSR count). The molecule has 0 aromatic carbocycles. The Morgan fingerprint density at radius 1 is 1.56 bits per heavy atom. The lowest BCUT2D eigenvalue weighted by molar-refractivity contribution is 0.505. The van der Waals surface area contributed by atoms with Crippen molar-refractivity contribution >= 4 is 28.4 Å². The van der Waals surface area contributed by atoms with Gasteiger partial charge >= 0.3 is 0 Å². The van der Waals surface area contributed by atoms with Crippen LogP contribution in [0.1, 0.15) is 30.2 Å². The van der Waals surface area contributed by atoms with Crippen molar-refractivity contribution in [2.45, 2.75) is 31.6 Å². The number of aliphatic imine (C=N–C) groups is 1. The molecule has 1 aromatic rings. The third kappa shape index (κ3) is 2.11. The number of hydrogen-bond acceptors (Lipinski definition) is 3. The lowest BCUT2D eigenvalue weighted by Gasteiger charge is -2.29. The Morgan fingerprint density at radius 3 is 2.89 bits per heavy atom. The van der Waals surface area contributed by atoms with Gasteiger partial charge < -0.3 is 10.6 Å². The average Bonchev–Trinajstić information content (AvgIpc) is 2.65. The van der Waals surface area contributed by atoms with E-state index in [-0.39, 0.29) is 5.41 Å². The van der Waals surface area contributed by atoms with Gasteiger partial charge in [-0.2, -0.15) is 0 Å². The van der Waals surface area contributed by atoms with Crippen LogP contribution in [0.15, 0.2) is 4.99 Å². The molecule has 0 fully saturated rings. The third-order valence-corrected chi connectivity index (χ3v) is 4.53. The van der Waals surface area contributed by atoms with Gasteiger partial charge in [0.2, 0.25) is 0 Å². The van der Waals surface area contributed by atoms with Crippen LogP contribution in [-0.4, -0.2) is 25.3 Å². The van der Waals surface area contributed by atoms with E-state index in [1.165, 1.54) is 4.88 Å². The summed E-state index contributed by atoms with van der Waals surface area (Å²) in [7, 11) is 3.89. The lowest BCUT2D eigenvalue weighted by Crippen LogP contribution is -2.25. The Bertz CT molecular complexity index is 522. The molecular formula is C14H19N3S. The number of anilines is 1. The summed E-state index contributed by atoms with van der Waals surface area (Å²) < 4.78 is 0. The Balaban J connectivity index is 2.48. The summed E-state index contributed by atoms with van der Waals surface area (Å²) in [5.74, 6) is 2.92. The predicted octanol–water partition coefficient (Wildman–Crippen LogP) is 2.78. The van der Waals surface area contributed by atoms with Crippen molar-refractivity contribution in [3.05, 3.63) is 10.4 Å². The molecule has 0 saturated heterocycles. The molecule has 0 spiro atoms. The van der Waals surface area contributed by atoms with Crippen LogP contribution in [0.4, 0.5) is 10.7 Å². The summed E-state index contributed by atoms with van der Waals surface area (Å²) in [5, 5.41) is 0.886. The van der Waals surface area contributed by atoms with E-state index in [4.69, 9.17) is 12.2 Å². The van der Waals surface area contributed by atoms with Gasteiger partial charge in [-0.25, -0.2) is 4.99 Å². The molecule has 18 heavy (non-hydrogen) atoms. The van der Waals surface area contributed by atoms with Crippen molar-refractivity contribution in [2.24, 2.45) is 4.99 Å². The van der Waals surface area contributed by atoms with E-state index in [1.54, 1.807) is 17.7 Å². The van der Waals surface area contributed by atoms with Gasteiger partial charge in [-0.05, 0) is 26.2 Å². The smallest absolute Gasteiger partial charge is 0.141 e. The van der Waals surface area contributed by atoms with Gasteiger partial charge in [0.05, 0.1) is 17.4 Å². The molecule has 0 unspecified atom stereocenters. The Hall–Kier alpha value is -1.47. The lowest BCUT2D eigenvalue weighted by atomic mass is 9.74. The SMILES string of the molecule is C#C[C@@]1(C)CCCc2sc(/N=C/N(C)C)c(N)c21. The first-order chi connectivity index (χ1) is 8.48. The summed E-state index contributed by atoms with van der Waals surface area (Å²) >= 11 is 1.68. The average molecular weight is 261 g/mol. The number of hydrogen-bond donors (Lipinski definition) is 1. The first-order valence-corrected chi connectivity index (χ1v) is 6.89. The second-order valence-corrected chi connectivity index (χ2v) is 6.24. The Kier molecular flexibility index (Phi) is 3.36. The maximum atomic E-state index is 6.24. The molecule has 0 saturated carbocycles. The molecule has 2 N–H and O–H groups in total. The fourth-order valence-electron chi connectivity index (χ4n) is 2.40. The molecule has 1 atom stereocenters. The van der Waals surface area contributed by atoms with Crippen molar-refractivity contribution in [3.8, 4) is 12.3 Å². The monoisotopic (exact) mass is 261 g/mol. The van der Waals surface area contributed by atoms with E-state index in [9.17, 15) is 0 Å². The first kappa shape index (κ1) is 13.0. The van der Waals surface area contributed by atoms with Crippen LogP contribution in [0.3, 0.4) is 0 Å². The second-order valence-electron chi connectivity index (χ2n) is 5.16. The van der Waals surface area contributed by atoms with E-state index >= 15 is 0 Å². The Morgan fingerprint density at radius 2 is 2.28 bits per heavy atom.